The summed E-state index contributed by atoms with van der Waals surface area (Å²) in [7, 11) is 0. The number of aryl methyl sites for hydroxylation is 1. The first-order chi connectivity index (χ1) is 7.70. The van der Waals surface area contributed by atoms with Crippen LogP contribution < -0.4 is 0 Å². The van der Waals surface area contributed by atoms with Crippen molar-refractivity contribution < 1.29 is 0 Å². The summed E-state index contributed by atoms with van der Waals surface area (Å²) in [6.45, 7) is 15.2. The summed E-state index contributed by atoms with van der Waals surface area (Å²) >= 11 is 0. The second-order valence-corrected chi connectivity index (χ2v) is 3.01. The Morgan fingerprint density at radius 2 is 1.56 bits per heavy atom. The van der Waals surface area contributed by atoms with E-state index >= 15 is 0 Å². The van der Waals surface area contributed by atoms with E-state index in [2.05, 4.69) is 32.2 Å². The van der Waals surface area contributed by atoms with Gasteiger partial charge in [-0.3, -0.25) is 0 Å². The molecule has 1 aromatic carbocycles. The second kappa shape index (κ2) is 13.4. The molecular weight excluding hydrogens is 192 g/mol. The largest absolute Gasteiger partial charge is 0.0991 e. The highest BCUT2D eigenvalue weighted by atomic mass is 13.8. The third-order valence-corrected chi connectivity index (χ3v) is 1.64. The van der Waals surface area contributed by atoms with Gasteiger partial charge in [0.05, 0.1) is 0 Å². The fraction of sp³-hybridized carbons (Fsp3) is 0.250. The van der Waals surface area contributed by atoms with Gasteiger partial charge in [-0.15, -0.1) is 0 Å². The molecule has 0 fully saturated rings. The lowest BCUT2D eigenvalue weighted by Gasteiger charge is -1.82. The molecule has 0 spiro atoms. The lowest BCUT2D eigenvalue weighted by Crippen LogP contribution is -1.62. The quantitative estimate of drug-likeness (QED) is 0.586. The number of allylic oxidation sites excluding steroid dienone is 4. The van der Waals surface area contributed by atoms with Crippen LogP contribution in [0.25, 0.3) is 0 Å². The number of benzene rings is 1. The van der Waals surface area contributed by atoms with Crippen LogP contribution in [0.2, 0.25) is 0 Å². The average Bonchev–Trinajstić information content (AvgIpc) is 2.34. The highest BCUT2D eigenvalue weighted by molar-refractivity contribution is 5.17. The second-order valence-electron chi connectivity index (χ2n) is 3.01. The predicted octanol–water partition coefficient (Wildman–Crippen LogP) is 5.33. The Morgan fingerprint density at radius 1 is 1.06 bits per heavy atom. The molecule has 1 aromatic rings. The molecule has 0 radical (unpaired) electrons. The Labute approximate surface area is 101 Å². The molecule has 0 N–H and O–H groups in total. The highest BCUT2D eigenvalue weighted by Gasteiger charge is 1.72. The standard InChI is InChI=1S/C7H8.C7H10.C2H6/c1-7-5-3-2-4-6-7;1-4-6-7(3)5-2;1-2/h2-6H,1H3;4-6H,1-2H2,3H3;1-2H3/b;7-6-;. The van der Waals surface area contributed by atoms with Crippen LogP contribution >= 0.6 is 0 Å². The summed E-state index contributed by atoms with van der Waals surface area (Å²) in [6, 6.07) is 10.3. The Bertz CT molecular complexity index is 291. The van der Waals surface area contributed by atoms with Gasteiger partial charge >= 0.3 is 0 Å². The van der Waals surface area contributed by atoms with Gasteiger partial charge < -0.3 is 0 Å². The van der Waals surface area contributed by atoms with E-state index in [0.717, 1.165) is 5.57 Å². The van der Waals surface area contributed by atoms with Crippen molar-refractivity contribution in [3.8, 4) is 0 Å². The van der Waals surface area contributed by atoms with E-state index in [1.807, 2.05) is 45.0 Å². The smallest absolute Gasteiger partial charge is 0.0398 e. The lowest BCUT2D eigenvalue weighted by atomic mass is 10.2. The molecule has 0 aromatic heterocycles. The van der Waals surface area contributed by atoms with Crippen LogP contribution in [0, 0.1) is 6.92 Å². The van der Waals surface area contributed by atoms with E-state index in [0.29, 0.717) is 0 Å². The van der Waals surface area contributed by atoms with Gasteiger partial charge in [0.15, 0.2) is 0 Å². The molecular formula is C16H24. The minimum absolute atomic E-state index is 1.15. The molecule has 0 saturated heterocycles. The first-order valence-corrected chi connectivity index (χ1v) is 5.64. The average molecular weight is 216 g/mol. The number of rotatable bonds is 2. The van der Waals surface area contributed by atoms with Crippen LogP contribution in [0.1, 0.15) is 26.3 Å². The lowest BCUT2D eigenvalue weighted by molar-refractivity contribution is 1.48. The van der Waals surface area contributed by atoms with Crippen molar-refractivity contribution in [2.45, 2.75) is 27.7 Å². The van der Waals surface area contributed by atoms with Crippen LogP contribution in [0.4, 0.5) is 0 Å². The highest BCUT2D eigenvalue weighted by Crippen LogP contribution is 1.92. The zero-order chi connectivity index (χ0) is 12.8. The van der Waals surface area contributed by atoms with E-state index in [1.54, 1.807) is 12.2 Å². The van der Waals surface area contributed by atoms with Crippen molar-refractivity contribution >= 4 is 0 Å². The van der Waals surface area contributed by atoms with E-state index in [4.69, 9.17) is 0 Å². The van der Waals surface area contributed by atoms with Crippen LogP contribution in [0.5, 0.6) is 0 Å². The maximum Gasteiger partial charge on any atom is -0.0398 e. The molecule has 1 rings (SSSR count). The molecule has 0 heterocycles. The van der Waals surface area contributed by atoms with E-state index in [-0.39, 0.29) is 0 Å². The van der Waals surface area contributed by atoms with Gasteiger partial charge in [0.1, 0.15) is 0 Å². The van der Waals surface area contributed by atoms with Crippen molar-refractivity contribution in [3.63, 3.8) is 0 Å². The summed E-state index contributed by atoms with van der Waals surface area (Å²) in [6.07, 6.45) is 5.45. The van der Waals surface area contributed by atoms with E-state index in [9.17, 15) is 0 Å². The van der Waals surface area contributed by atoms with Crippen LogP contribution in [0.15, 0.2) is 67.3 Å². The molecule has 0 unspecified atom stereocenters. The van der Waals surface area contributed by atoms with Crippen molar-refractivity contribution in [1.29, 1.82) is 0 Å². The third-order valence-electron chi connectivity index (χ3n) is 1.64. The maximum atomic E-state index is 3.56. The minimum Gasteiger partial charge on any atom is -0.0991 e. The molecule has 0 amide bonds. The minimum atomic E-state index is 1.15. The van der Waals surface area contributed by atoms with Crippen LogP contribution in [0.3, 0.4) is 0 Å². The molecule has 0 saturated carbocycles. The van der Waals surface area contributed by atoms with E-state index < -0.39 is 0 Å². The fourth-order valence-corrected chi connectivity index (χ4v) is 0.788. The Morgan fingerprint density at radius 3 is 1.75 bits per heavy atom. The SMILES string of the molecule is C=C/C=C(/C)C=C.CC.Cc1ccccc1. The summed E-state index contributed by atoms with van der Waals surface area (Å²) in [5.41, 5.74) is 2.47. The Balaban J connectivity index is 0. The molecule has 16 heavy (non-hydrogen) atoms. The first-order valence-electron chi connectivity index (χ1n) is 5.64. The zero-order valence-corrected chi connectivity index (χ0v) is 11.0. The van der Waals surface area contributed by atoms with E-state index in [1.165, 1.54) is 5.56 Å². The van der Waals surface area contributed by atoms with Gasteiger partial charge in [-0.1, -0.05) is 86.7 Å². The molecule has 0 nitrogen and oxygen atoms in total. The molecule has 0 bridgehead atoms. The van der Waals surface area contributed by atoms with Gasteiger partial charge in [0, 0.05) is 0 Å². The molecule has 0 heteroatoms. The third kappa shape index (κ3) is 12.4. The van der Waals surface area contributed by atoms with Gasteiger partial charge in [-0.25, -0.2) is 0 Å². The van der Waals surface area contributed by atoms with Gasteiger partial charge in [0.2, 0.25) is 0 Å². The van der Waals surface area contributed by atoms with Crippen LogP contribution in [-0.4, -0.2) is 0 Å². The molecule has 0 aliphatic carbocycles. The number of hydrogen-bond acceptors (Lipinski definition) is 0. The summed E-state index contributed by atoms with van der Waals surface area (Å²) < 4.78 is 0. The van der Waals surface area contributed by atoms with Crippen molar-refractivity contribution in [1.82, 2.24) is 0 Å². The number of hydrogen-bond donors (Lipinski definition) is 0. The van der Waals surface area contributed by atoms with Crippen molar-refractivity contribution in [2.24, 2.45) is 0 Å². The first kappa shape index (κ1) is 16.9. The van der Waals surface area contributed by atoms with Crippen molar-refractivity contribution in [2.75, 3.05) is 0 Å². The van der Waals surface area contributed by atoms with Gasteiger partial charge in [-0.2, -0.15) is 0 Å². The zero-order valence-electron chi connectivity index (χ0n) is 11.0. The maximum absolute atomic E-state index is 3.56. The topological polar surface area (TPSA) is 0 Å². The Kier molecular flexibility index (Phi) is 14.2. The fourth-order valence-electron chi connectivity index (χ4n) is 0.788. The van der Waals surface area contributed by atoms with Gasteiger partial charge in [-0.05, 0) is 13.8 Å². The molecule has 88 valence electrons. The summed E-state index contributed by atoms with van der Waals surface area (Å²) in [4.78, 5) is 0. The molecule has 0 aliphatic rings. The summed E-state index contributed by atoms with van der Waals surface area (Å²) in [5.74, 6) is 0. The van der Waals surface area contributed by atoms with Crippen LogP contribution in [-0.2, 0) is 0 Å². The summed E-state index contributed by atoms with van der Waals surface area (Å²) in [5, 5.41) is 0. The van der Waals surface area contributed by atoms with Gasteiger partial charge in [0.25, 0.3) is 0 Å². The monoisotopic (exact) mass is 216 g/mol. The normalized spacial score (nSPS) is 8.88. The molecule has 0 atom stereocenters. The Hall–Kier alpha value is -1.56. The molecule has 0 aliphatic heterocycles. The predicted molar refractivity (Wildman–Crippen MR) is 76.7 cm³/mol. The van der Waals surface area contributed by atoms with Crippen molar-refractivity contribution in [3.05, 3.63) is 72.9 Å².